The van der Waals surface area contributed by atoms with Crippen LogP contribution in [0.25, 0.3) is 0 Å². The second-order valence-corrected chi connectivity index (χ2v) is 8.14. The zero-order valence-electron chi connectivity index (χ0n) is 13.8. The maximum Gasteiger partial charge on any atom is 0.282 e. The van der Waals surface area contributed by atoms with E-state index in [0.29, 0.717) is 26.2 Å². The number of methoxy groups -OCH3 is 1. The maximum atomic E-state index is 12.8. The summed E-state index contributed by atoms with van der Waals surface area (Å²) in [6, 6.07) is 7.87. The van der Waals surface area contributed by atoms with E-state index >= 15 is 0 Å². The molecule has 0 aliphatic carbocycles. The molecule has 0 unspecified atom stereocenters. The first-order valence-electron chi connectivity index (χ1n) is 8.12. The Balaban J connectivity index is 1.84. The Hall–Kier alpha value is -1.15. The molecule has 2 aliphatic rings. The van der Waals surface area contributed by atoms with Gasteiger partial charge in [0.1, 0.15) is 5.75 Å². The first kappa shape index (κ1) is 16.7. The van der Waals surface area contributed by atoms with Crippen molar-refractivity contribution in [2.45, 2.75) is 18.9 Å². The molecule has 0 radical (unpaired) electrons. The van der Waals surface area contributed by atoms with Gasteiger partial charge in [-0.15, -0.1) is 0 Å². The van der Waals surface area contributed by atoms with Gasteiger partial charge in [-0.3, -0.25) is 4.90 Å². The summed E-state index contributed by atoms with van der Waals surface area (Å²) in [5, 5.41) is 0. The molecule has 3 rings (SSSR count). The summed E-state index contributed by atoms with van der Waals surface area (Å²) >= 11 is 0. The summed E-state index contributed by atoms with van der Waals surface area (Å²) in [4.78, 5) is 2.20. The minimum Gasteiger partial charge on any atom is -0.496 e. The van der Waals surface area contributed by atoms with Crippen molar-refractivity contribution < 1.29 is 13.2 Å². The van der Waals surface area contributed by atoms with Crippen molar-refractivity contribution in [3.8, 4) is 5.75 Å². The number of likely N-dealkylation sites (N-methyl/N-ethyl adjacent to an activating group) is 1. The lowest BCUT2D eigenvalue weighted by Crippen LogP contribution is -2.52. The molecule has 23 heavy (non-hydrogen) atoms. The highest BCUT2D eigenvalue weighted by atomic mass is 32.2. The third kappa shape index (κ3) is 3.24. The smallest absolute Gasteiger partial charge is 0.282 e. The van der Waals surface area contributed by atoms with Crippen molar-refractivity contribution in [1.82, 2.24) is 13.5 Å². The maximum absolute atomic E-state index is 12.8. The molecule has 0 amide bonds. The van der Waals surface area contributed by atoms with Crippen LogP contribution in [-0.4, -0.2) is 68.8 Å². The average molecular weight is 339 g/mol. The Morgan fingerprint density at radius 2 is 1.74 bits per heavy atom. The van der Waals surface area contributed by atoms with Gasteiger partial charge in [-0.2, -0.15) is 17.0 Å². The highest BCUT2D eigenvalue weighted by Crippen LogP contribution is 2.32. The first-order chi connectivity index (χ1) is 11.0. The van der Waals surface area contributed by atoms with E-state index in [1.54, 1.807) is 15.7 Å². The lowest BCUT2D eigenvalue weighted by Gasteiger charge is -2.40. The van der Waals surface area contributed by atoms with Gasteiger partial charge in [0.2, 0.25) is 0 Å². The number of piperazine rings is 1. The number of nitrogens with zero attached hydrogens (tertiary/aromatic N) is 3. The van der Waals surface area contributed by atoms with Crippen molar-refractivity contribution in [3.05, 3.63) is 29.8 Å². The molecule has 1 atom stereocenters. The number of hydrogen-bond donors (Lipinski definition) is 0. The van der Waals surface area contributed by atoms with Gasteiger partial charge < -0.3 is 4.74 Å². The van der Waals surface area contributed by atoms with Gasteiger partial charge >= 0.3 is 0 Å². The summed E-state index contributed by atoms with van der Waals surface area (Å²) in [5.41, 5.74) is 1.04. The van der Waals surface area contributed by atoms with Crippen LogP contribution < -0.4 is 4.74 Å². The number of para-hydroxylation sites is 1. The van der Waals surface area contributed by atoms with Gasteiger partial charge in [0.25, 0.3) is 10.2 Å². The lowest BCUT2D eigenvalue weighted by atomic mass is 10.0. The Labute approximate surface area is 138 Å². The molecule has 0 saturated carbocycles. The predicted molar refractivity (Wildman–Crippen MR) is 89.7 cm³/mol. The molecule has 0 bridgehead atoms. The second kappa shape index (κ2) is 6.76. The number of hydrogen-bond acceptors (Lipinski definition) is 4. The van der Waals surface area contributed by atoms with Gasteiger partial charge in [-0.25, -0.2) is 0 Å². The number of ether oxygens (including phenoxy) is 1. The largest absolute Gasteiger partial charge is 0.496 e. The second-order valence-electron chi connectivity index (χ2n) is 6.21. The fourth-order valence-corrected chi connectivity index (χ4v) is 5.11. The third-order valence-corrected chi connectivity index (χ3v) is 6.83. The Kier molecular flexibility index (Phi) is 4.91. The molecule has 2 heterocycles. The highest BCUT2D eigenvalue weighted by molar-refractivity contribution is 7.86. The summed E-state index contributed by atoms with van der Waals surface area (Å²) in [6.07, 6.45) is 1.92. The molecule has 1 aromatic carbocycles. The number of rotatable bonds is 4. The lowest BCUT2D eigenvalue weighted by molar-refractivity contribution is 0.141. The molecule has 2 aliphatic heterocycles. The van der Waals surface area contributed by atoms with Gasteiger partial charge in [-0.1, -0.05) is 18.2 Å². The Morgan fingerprint density at radius 1 is 1.04 bits per heavy atom. The first-order valence-corrected chi connectivity index (χ1v) is 9.52. The normalized spacial score (nSPS) is 24.9. The third-order valence-electron chi connectivity index (χ3n) is 4.83. The summed E-state index contributed by atoms with van der Waals surface area (Å²) in [6.45, 7) is 3.02. The molecule has 1 aromatic rings. The van der Waals surface area contributed by atoms with Crippen molar-refractivity contribution in [2.24, 2.45) is 0 Å². The van der Waals surface area contributed by atoms with Crippen molar-refractivity contribution in [1.29, 1.82) is 0 Å². The highest BCUT2D eigenvalue weighted by Gasteiger charge is 2.37. The van der Waals surface area contributed by atoms with Crippen LogP contribution in [0.15, 0.2) is 24.3 Å². The molecule has 7 heteroatoms. The summed E-state index contributed by atoms with van der Waals surface area (Å²) in [7, 11) is 0.345. The van der Waals surface area contributed by atoms with Gasteiger partial charge in [-0.05, 0) is 26.0 Å². The van der Waals surface area contributed by atoms with E-state index in [1.165, 1.54) is 0 Å². The van der Waals surface area contributed by atoms with Crippen LogP contribution in [0.1, 0.15) is 24.4 Å². The van der Waals surface area contributed by atoms with Crippen LogP contribution in [0.4, 0.5) is 0 Å². The summed E-state index contributed by atoms with van der Waals surface area (Å²) in [5.74, 6) is 0.810. The van der Waals surface area contributed by atoms with Crippen LogP contribution in [0, 0.1) is 0 Å². The minimum absolute atomic E-state index is 0.0114. The van der Waals surface area contributed by atoms with Gasteiger partial charge in [0.05, 0.1) is 13.2 Å². The van der Waals surface area contributed by atoms with Crippen molar-refractivity contribution in [3.63, 3.8) is 0 Å². The van der Waals surface area contributed by atoms with E-state index in [4.69, 9.17) is 4.74 Å². The zero-order valence-corrected chi connectivity index (χ0v) is 14.6. The van der Waals surface area contributed by atoms with Crippen LogP contribution >= 0.6 is 0 Å². The van der Waals surface area contributed by atoms with Crippen LogP contribution in [0.5, 0.6) is 5.75 Å². The average Bonchev–Trinajstić information content (AvgIpc) is 3.10. The van der Waals surface area contributed by atoms with E-state index in [1.807, 2.05) is 31.3 Å². The zero-order chi connectivity index (χ0) is 16.4. The molecule has 128 valence electrons. The SMILES string of the molecule is COc1ccccc1[C@@H]1CN(S(=O)(=O)N2CCCC2)CCN1C. The Morgan fingerprint density at radius 3 is 2.43 bits per heavy atom. The van der Waals surface area contributed by atoms with E-state index in [2.05, 4.69) is 4.90 Å². The predicted octanol–water partition coefficient (Wildman–Crippen LogP) is 1.32. The van der Waals surface area contributed by atoms with Gasteiger partial charge in [0.15, 0.2) is 0 Å². The molecule has 2 saturated heterocycles. The molecule has 6 nitrogen and oxygen atoms in total. The fraction of sp³-hybridized carbons (Fsp3) is 0.625. The number of benzene rings is 1. The van der Waals surface area contributed by atoms with E-state index in [9.17, 15) is 8.42 Å². The molecular weight excluding hydrogens is 314 g/mol. The van der Waals surface area contributed by atoms with Gasteiger partial charge in [0, 0.05) is 38.3 Å². The molecule has 0 spiro atoms. The van der Waals surface area contributed by atoms with Crippen LogP contribution in [0.3, 0.4) is 0 Å². The molecule has 0 N–H and O–H groups in total. The minimum atomic E-state index is -3.35. The Bertz CT molecular complexity index is 644. The van der Waals surface area contributed by atoms with E-state index in [-0.39, 0.29) is 6.04 Å². The monoisotopic (exact) mass is 339 g/mol. The molecule has 0 aromatic heterocycles. The standard InChI is InChI=1S/C16H25N3O3S/c1-17-11-12-19(23(20,21)18-9-5-6-10-18)13-15(17)14-7-3-4-8-16(14)22-2/h3-4,7-8,15H,5-6,9-13H2,1-2H3/t15-/m0/s1. The van der Waals surface area contributed by atoms with Crippen molar-refractivity contribution in [2.75, 3.05) is 46.9 Å². The fourth-order valence-electron chi connectivity index (χ4n) is 3.42. The molecule has 2 fully saturated rings. The quantitative estimate of drug-likeness (QED) is 0.830. The van der Waals surface area contributed by atoms with Crippen molar-refractivity contribution >= 4 is 10.2 Å². The summed E-state index contributed by atoms with van der Waals surface area (Å²) < 4.78 is 34.4. The molecular formula is C16H25N3O3S. The topological polar surface area (TPSA) is 53.1 Å². The van der Waals surface area contributed by atoms with E-state index < -0.39 is 10.2 Å². The van der Waals surface area contributed by atoms with Crippen LogP contribution in [-0.2, 0) is 10.2 Å². The van der Waals surface area contributed by atoms with E-state index in [0.717, 1.165) is 30.7 Å². The van der Waals surface area contributed by atoms with Crippen LogP contribution in [0.2, 0.25) is 0 Å².